The number of carbonyl (C=O) groups is 2. The van der Waals surface area contributed by atoms with Crippen LogP contribution in [0.2, 0.25) is 0 Å². The zero-order valence-electron chi connectivity index (χ0n) is 21.3. The third-order valence-corrected chi connectivity index (χ3v) is 6.90. The number of likely N-dealkylation sites (tertiary alicyclic amines) is 1. The average molecular weight is 466 g/mol. The number of aromatic nitrogens is 1. The maximum absolute atomic E-state index is 13.1. The highest BCUT2D eigenvalue weighted by atomic mass is 16.7. The van der Waals surface area contributed by atoms with E-state index in [4.69, 9.17) is 19.0 Å². The van der Waals surface area contributed by atoms with Gasteiger partial charge in [-0.3, -0.25) is 14.7 Å². The summed E-state index contributed by atoms with van der Waals surface area (Å²) >= 11 is 0. The molecule has 0 unspecified atom stereocenters. The minimum atomic E-state index is -0.591. The fourth-order valence-corrected chi connectivity index (χ4v) is 4.35. The Labute approximate surface area is 202 Å². The van der Waals surface area contributed by atoms with Gasteiger partial charge in [0.25, 0.3) is 0 Å². The lowest BCUT2D eigenvalue weighted by atomic mass is 9.78. The second-order valence-electron chi connectivity index (χ2n) is 11.3. The van der Waals surface area contributed by atoms with E-state index < -0.39 is 36.1 Å². The van der Waals surface area contributed by atoms with Crippen molar-refractivity contribution in [2.75, 3.05) is 6.54 Å². The molecule has 2 saturated heterocycles. The van der Waals surface area contributed by atoms with Crippen LogP contribution in [0, 0.1) is 0 Å². The Kier molecular flexibility index (Phi) is 6.28. The van der Waals surface area contributed by atoms with Crippen LogP contribution in [0.1, 0.15) is 67.0 Å². The van der Waals surface area contributed by atoms with Gasteiger partial charge < -0.3 is 14.0 Å². The van der Waals surface area contributed by atoms with E-state index in [1.165, 1.54) is 0 Å². The van der Waals surface area contributed by atoms with E-state index in [0.29, 0.717) is 18.7 Å². The predicted molar refractivity (Wildman–Crippen MR) is 132 cm³/mol. The number of amides is 1. The maximum Gasteiger partial charge on any atom is 0.494 e. The highest BCUT2D eigenvalue weighted by molar-refractivity contribution is 6.62. The highest BCUT2D eigenvalue weighted by Gasteiger charge is 2.51. The molecule has 2 aliphatic rings. The summed E-state index contributed by atoms with van der Waals surface area (Å²) in [7, 11) is -0.433. The topological polar surface area (TPSA) is 78.0 Å². The molecule has 3 heterocycles. The number of benzene rings is 1. The van der Waals surface area contributed by atoms with E-state index >= 15 is 0 Å². The van der Waals surface area contributed by atoms with Crippen molar-refractivity contribution < 1.29 is 23.6 Å². The molecule has 4 rings (SSSR count). The van der Waals surface area contributed by atoms with E-state index in [1.54, 1.807) is 4.90 Å². The number of nitrogens with zero attached hydrogens (tertiary/aromatic N) is 2. The number of fused-ring (bicyclic) bond motifs is 1. The molecule has 1 aromatic carbocycles. The van der Waals surface area contributed by atoms with E-state index in [0.717, 1.165) is 22.8 Å². The Bertz CT molecular complexity index is 1090. The zero-order valence-corrected chi connectivity index (χ0v) is 21.3. The van der Waals surface area contributed by atoms with Crippen molar-refractivity contribution in [3.05, 3.63) is 36.0 Å². The number of Topliss-reactive ketones (excluding diaryl/α,β-unsaturated/α-hetero) is 1. The molecule has 1 atom stereocenters. The molecule has 2 aromatic rings. The molecule has 0 aliphatic carbocycles. The summed E-state index contributed by atoms with van der Waals surface area (Å²) in [6, 6.07) is 9.31. The van der Waals surface area contributed by atoms with Gasteiger partial charge in [-0.15, -0.1) is 0 Å². The molecule has 0 bridgehead atoms. The van der Waals surface area contributed by atoms with E-state index in [1.807, 2.05) is 78.8 Å². The summed E-state index contributed by atoms with van der Waals surface area (Å²) in [6.45, 7) is 14.2. The van der Waals surface area contributed by atoms with E-state index in [9.17, 15) is 9.59 Å². The van der Waals surface area contributed by atoms with Gasteiger partial charge in [0, 0.05) is 12.2 Å². The monoisotopic (exact) mass is 466 g/mol. The molecule has 2 fully saturated rings. The summed E-state index contributed by atoms with van der Waals surface area (Å²) in [6.07, 6.45) is 1.20. The fraction of sp³-hybridized carbons (Fsp3) is 0.577. The van der Waals surface area contributed by atoms with Gasteiger partial charge in [-0.2, -0.15) is 0 Å². The quantitative estimate of drug-likeness (QED) is 0.633. The van der Waals surface area contributed by atoms with Crippen molar-refractivity contribution in [2.24, 2.45) is 0 Å². The summed E-state index contributed by atoms with van der Waals surface area (Å²) in [5, 5.41) is 0.958. The van der Waals surface area contributed by atoms with E-state index in [2.05, 4.69) is 0 Å². The molecule has 1 amide bonds. The second kappa shape index (κ2) is 8.65. The summed E-state index contributed by atoms with van der Waals surface area (Å²) in [5.41, 5.74) is 1.05. The number of rotatable bonds is 4. The first-order chi connectivity index (χ1) is 15.8. The number of hydrogen-bond acceptors (Lipinski definition) is 6. The Morgan fingerprint density at radius 3 is 2.44 bits per heavy atom. The Hall–Kier alpha value is -2.45. The largest absolute Gasteiger partial charge is 0.494 e. The van der Waals surface area contributed by atoms with Gasteiger partial charge in [0.15, 0.2) is 5.78 Å². The first kappa shape index (κ1) is 24.7. The van der Waals surface area contributed by atoms with Crippen LogP contribution in [0.15, 0.2) is 30.3 Å². The number of pyridine rings is 1. The lowest BCUT2D eigenvalue weighted by Gasteiger charge is -2.32. The standard InChI is InChI=1S/C26H35BN2O5/c1-24(2,3)32-23(31)29-14-8-9-21(29)22(30)16-19-12-10-17-15-18(11-13-20(17)28-19)27-33-25(4,5)26(6,7)34-27/h10-13,15,21H,8-9,14,16H2,1-7H3/t21-/m1/s1. The lowest BCUT2D eigenvalue weighted by Crippen LogP contribution is -2.43. The highest BCUT2D eigenvalue weighted by Crippen LogP contribution is 2.36. The minimum Gasteiger partial charge on any atom is -0.444 e. The van der Waals surface area contributed by atoms with Gasteiger partial charge in [0.2, 0.25) is 0 Å². The molecule has 7 nitrogen and oxygen atoms in total. The Balaban J connectivity index is 1.47. The van der Waals surface area contributed by atoms with Crippen LogP contribution in [0.5, 0.6) is 0 Å². The third kappa shape index (κ3) is 4.98. The van der Waals surface area contributed by atoms with Crippen LogP contribution in [0.3, 0.4) is 0 Å². The number of ether oxygens (including phenoxy) is 1. The molecule has 2 aliphatic heterocycles. The number of carbonyl (C=O) groups excluding carboxylic acids is 2. The summed E-state index contributed by atoms with van der Waals surface area (Å²) in [4.78, 5) is 31.9. The van der Waals surface area contributed by atoms with Gasteiger partial charge in [-0.1, -0.05) is 18.2 Å². The minimum absolute atomic E-state index is 0.0101. The molecule has 34 heavy (non-hydrogen) atoms. The molecule has 0 saturated carbocycles. The van der Waals surface area contributed by atoms with Crippen molar-refractivity contribution in [1.82, 2.24) is 9.88 Å². The fourth-order valence-electron chi connectivity index (χ4n) is 4.35. The molecule has 0 N–H and O–H groups in total. The SMILES string of the molecule is CC(C)(C)OC(=O)N1CCC[C@@H]1C(=O)Cc1ccc2cc(B3OC(C)(C)C(C)(C)O3)ccc2n1. The molecular weight excluding hydrogens is 431 g/mol. The molecule has 182 valence electrons. The summed E-state index contributed by atoms with van der Waals surface area (Å²) < 4.78 is 17.8. The van der Waals surface area contributed by atoms with Crippen LogP contribution in [0.4, 0.5) is 4.79 Å². The van der Waals surface area contributed by atoms with Crippen molar-refractivity contribution in [2.45, 2.75) is 90.6 Å². The molecule has 0 spiro atoms. The van der Waals surface area contributed by atoms with Crippen LogP contribution in [-0.4, -0.2) is 58.3 Å². The lowest BCUT2D eigenvalue weighted by molar-refractivity contribution is -0.122. The van der Waals surface area contributed by atoms with Gasteiger partial charge in [0.1, 0.15) is 5.60 Å². The molecular formula is C26H35BN2O5. The first-order valence-corrected chi connectivity index (χ1v) is 12.0. The smallest absolute Gasteiger partial charge is 0.444 e. The predicted octanol–water partition coefficient (Wildman–Crippen LogP) is 4.05. The van der Waals surface area contributed by atoms with Crippen molar-refractivity contribution >= 4 is 35.4 Å². The van der Waals surface area contributed by atoms with Gasteiger partial charge in [0.05, 0.1) is 29.2 Å². The normalized spacial score (nSPS) is 21.8. The molecule has 8 heteroatoms. The Morgan fingerprint density at radius 1 is 1.12 bits per heavy atom. The number of hydrogen-bond donors (Lipinski definition) is 0. The molecule has 0 radical (unpaired) electrons. The summed E-state index contributed by atoms with van der Waals surface area (Å²) in [5.74, 6) is -0.0101. The van der Waals surface area contributed by atoms with Crippen LogP contribution in [0.25, 0.3) is 10.9 Å². The van der Waals surface area contributed by atoms with Crippen molar-refractivity contribution in [3.8, 4) is 0 Å². The van der Waals surface area contributed by atoms with Crippen molar-refractivity contribution in [1.29, 1.82) is 0 Å². The maximum atomic E-state index is 13.1. The van der Waals surface area contributed by atoms with Gasteiger partial charge in [-0.25, -0.2) is 4.79 Å². The second-order valence-corrected chi connectivity index (χ2v) is 11.3. The Morgan fingerprint density at radius 2 is 1.79 bits per heavy atom. The third-order valence-electron chi connectivity index (χ3n) is 6.90. The first-order valence-electron chi connectivity index (χ1n) is 12.0. The zero-order chi connectivity index (χ0) is 24.9. The van der Waals surface area contributed by atoms with Crippen LogP contribution in [-0.2, 0) is 25.3 Å². The molecule has 1 aromatic heterocycles. The van der Waals surface area contributed by atoms with Crippen LogP contribution >= 0.6 is 0 Å². The average Bonchev–Trinajstić information content (AvgIpc) is 3.29. The van der Waals surface area contributed by atoms with Gasteiger partial charge >= 0.3 is 13.2 Å². The van der Waals surface area contributed by atoms with Crippen molar-refractivity contribution in [3.63, 3.8) is 0 Å². The van der Waals surface area contributed by atoms with Gasteiger partial charge in [-0.05, 0) is 84.3 Å². The number of ketones is 1. The van der Waals surface area contributed by atoms with E-state index in [-0.39, 0.29) is 12.2 Å². The van der Waals surface area contributed by atoms with Crippen LogP contribution < -0.4 is 5.46 Å².